The fraction of sp³-hybridized carbons (Fsp3) is 0.167. The number of aromatic nitrogens is 3. The molecule has 2 aromatic heterocycles. The zero-order chi connectivity index (χ0) is 20.5. The topological polar surface area (TPSA) is 83.7 Å². The molecule has 2 heterocycles. The van der Waals surface area contributed by atoms with Crippen molar-refractivity contribution in [1.82, 2.24) is 14.8 Å². The number of halogens is 4. The molecule has 0 unspecified atom stereocenters. The van der Waals surface area contributed by atoms with Gasteiger partial charge in [0, 0.05) is 30.9 Å². The number of pyridine rings is 1. The number of hydrogen-bond acceptors (Lipinski definition) is 4. The number of aryl methyl sites for hydroxylation is 1. The Morgan fingerprint density at radius 1 is 1.36 bits per heavy atom. The summed E-state index contributed by atoms with van der Waals surface area (Å²) >= 11 is 5.86. The summed E-state index contributed by atoms with van der Waals surface area (Å²) in [4.78, 5) is 14.4. The molecule has 3 rings (SSSR count). The minimum absolute atomic E-state index is 0.0807. The third-order valence-corrected chi connectivity index (χ3v) is 3.99. The van der Waals surface area contributed by atoms with E-state index < -0.39 is 23.0 Å². The lowest BCUT2D eigenvalue weighted by molar-refractivity contribution is -0.139. The van der Waals surface area contributed by atoms with E-state index in [9.17, 15) is 18.0 Å². The predicted molar refractivity (Wildman–Crippen MR) is 94.3 cm³/mol. The van der Waals surface area contributed by atoms with E-state index in [-0.39, 0.29) is 28.3 Å². The highest BCUT2D eigenvalue weighted by atomic mass is 35.5. The number of nitriles is 1. The van der Waals surface area contributed by atoms with Crippen LogP contribution in [0.15, 0.2) is 41.5 Å². The first-order valence-corrected chi connectivity index (χ1v) is 8.24. The zero-order valence-electron chi connectivity index (χ0n) is 14.3. The Hall–Kier alpha value is -3.25. The molecule has 0 saturated heterocycles. The molecule has 0 saturated carbocycles. The lowest BCUT2D eigenvalue weighted by Crippen LogP contribution is -2.20. The van der Waals surface area contributed by atoms with Gasteiger partial charge in [0.1, 0.15) is 11.3 Å². The summed E-state index contributed by atoms with van der Waals surface area (Å²) in [5, 5.41) is 13.1. The van der Waals surface area contributed by atoms with E-state index in [1.54, 1.807) is 19.3 Å². The molecule has 0 aliphatic rings. The SMILES string of the molecule is Cn1ccc(Cc2c[nH]c(=O)c(Oc3cc(Cl)cc(C#N)c3)c2C(F)(F)F)n1. The van der Waals surface area contributed by atoms with Gasteiger partial charge in [0.15, 0.2) is 0 Å². The van der Waals surface area contributed by atoms with Crippen molar-refractivity contribution in [1.29, 1.82) is 5.26 Å². The Morgan fingerprint density at radius 2 is 2.11 bits per heavy atom. The summed E-state index contributed by atoms with van der Waals surface area (Å²) in [6.45, 7) is 0. The zero-order valence-corrected chi connectivity index (χ0v) is 15.1. The van der Waals surface area contributed by atoms with Crippen LogP contribution < -0.4 is 10.3 Å². The molecule has 3 aromatic rings. The second-order valence-electron chi connectivity index (χ2n) is 5.89. The van der Waals surface area contributed by atoms with Crippen LogP contribution in [0.1, 0.15) is 22.4 Å². The number of benzene rings is 1. The van der Waals surface area contributed by atoms with Crippen molar-refractivity contribution in [2.75, 3.05) is 0 Å². The molecule has 0 bridgehead atoms. The van der Waals surface area contributed by atoms with Crippen LogP contribution in [-0.4, -0.2) is 14.8 Å². The maximum atomic E-state index is 13.8. The molecule has 0 fully saturated rings. The quantitative estimate of drug-likeness (QED) is 0.706. The molecule has 6 nitrogen and oxygen atoms in total. The minimum atomic E-state index is -4.86. The van der Waals surface area contributed by atoms with Gasteiger partial charge in [-0.25, -0.2) is 0 Å². The van der Waals surface area contributed by atoms with E-state index in [0.29, 0.717) is 5.69 Å². The molecule has 0 atom stereocenters. The molecule has 144 valence electrons. The molecule has 28 heavy (non-hydrogen) atoms. The van der Waals surface area contributed by atoms with E-state index in [1.165, 1.54) is 22.9 Å². The maximum absolute atomic E-state index is 13.8. The second kappa shape index (κ2) is 7.40. The lowest BCUT2D eigenvalue weighted by atomic mass is 10.0. The highest BCUT2D eigenvalue weighted by molar-refractivity contribution is 6.30. The molecule has 0 aliphatic carbocycles. The molecule has 1 N–H and O–H groups in total. The third-order valence-electron chi connectivity index (χ3n) is 3.78. The first-order valence-electron chi connectivity index (χ1n) is 7.86. The van der Waals surface area contributed by atoms with Gasteiger partial charge < -0.3 is 9.72 Å². The summed E-state index contributed by atoms with van der Waals surface area (Å²) in [6, 6.07) is 7.12. The predicted octanol–water partition coefficient (Wildman–Crippen LogP) is 4.04. The van der Waals surface area contributed by atoms with Crippen LogP contribution in [0.4, 0.5) is 13.2 Å². The molecule has 0 aliphatic heterocycles. The van der Waals surface area contributed by atoms with E-state index in [2.05, 4.69) is 10.1 Å². The first kappa shape index (κ1) is 19.5. The highest BCUT2D eigenvalue weighted by Crippen LogP contribution is 2.39. The molecule has 0 amide bonds. The van der Waals surface area contributed by atoms with Gasteiger partial charge in [-0.15, -0.1) is 0 Å². The fourth-order valence-electron chi connectivity index (χ4n) is 2.65. The smallest absolute Gasteiger partial charge is 0.420 e. The molecule has 1 aromatic carbocycles. The van der Waals surface area contributed by atoms with Crippen LogP contribution in [0, 0.1) is 11.3 Å². The van der Waals surface area contributed by atoms with Crippen molar-refractivity contribution in [2.45, 2.75) is 12.6 Å². The monoisotopic (exact) mass is 408 g/mol. The van der Waals surface area contributed by atoms with Gasteiger partial charge in [-0.3, -0.25) is 9.48 Å². The summed E-state index contributed by atoms with van der Waals surface area (Å²) in [5.74, 6) is -1.08. The Morgan fingerprint density at radius 3 is 2.71 bits per heavy atom. The van der Waals surface area contributed by atoms with E-state index >= 15 is 0 Å². The molecular weight excluding hydrogens is 397 g/mol. The van der Waals surface area contributed by atoms with Crippen molar-refractivity contribution in [3.8, 4) is 17.6 Å². The van der Waals surface area contributed by atoms with Crippen LogP contribution in [0.3, 0.4) is 0 Å². The van der Waals surface area contributed by atoms with Gasteiger partial charge in [-0.05, 0) is 29.8 Å². The Labute approximate surface area is 161 Å². The third kappa shape index (κ3) is 4.18. The van der Waals surface area contributed by atoms with Gasteiger partial charge >= 0.3 is 6.18 Å². The normalized spacial score (nSPS) is 11.3. The average Bonchev–Trinajstić information content (AvgIpc) is 3.01. The van der Waals surface area contributed by atoms with Gasteiger partial charge in [0.25, 0.3) is 5.56 Å². The summed E-state index contributed by atoms with van der Waals surface area (Å²) < 4.78 is 48.1. The van der Waals surface area contributed by atoms with Crippen molar-refractivity contribution >= 4 is 11.6 Å². The minimum Gasteiger partial charge on any atom is -0.451 e. The fourth-order valence-corrected chi connectivity index (χ4v) is 2.88. The Balaban J connectivity index is 2.12. The van der Waals surface area contributed by atoms with E-state index in [4.69, 9.17) is 21.6 Å². The van der Waals surface area contributed by atoms with Gasteiger partial charge in [-0.2, -0.15) is 23.5 Å². The largest absolute Gasteiger partial charge is 0.451 e. The number of ether oxygens (including phenoxy) is 1. The number of alkyl halides is 3. The van der Waals surface area contributed by atoms with Gasteiger partial charge in [0.05, 0.1) is 17.3 Å². The second-order valence-corrected chi connectivity index (χ2v) is 6.33. The standard InChI is InChI=1S/C18H12ClF3N4O2/c1-26-3-2-13(25-26)6-11-9-24-17(27)16(15(11)18(20,21)22)28-14-5-10(8-23)4-12(19)7-14/h2-5,7,9H,6H2,1H3,(H,24,27). The lowest BCUT2D eigenvalue weighted by Gasteiger charge is -2.16. The van der Waals surface area contributed by atoms with E-state index in [1.807, 2.05) is 6.07 Å². The van der Waals surface area contributed by atoms with E-state index in [0.717, 1.165) is 6.20 Å². The Kier molecular flexibility index (Phi) is 5.16. The van der Waals surface area contributed by atoms with Gasteiger partial charge in [-0.1, -0.05) is 11.6 Å². The number of nitrogens with one attached hydrogen (secondary N) is 1. The summed E-state index contributed by atoms with van der Waals surface area (Å²) in [7, 11) is 1.64. The van der Waals surface area contributed by atoms with Crippen LogP contribution in [-0.2, 0) is 19.6 Å². The highest BCUT2D eigenvalue weighted by Gasteiger charge is 2.39. The maximum Gasteiger partial charge on any atom is 0.420 e. The van der Waals surface area contributed by atoms with Gasteiger partial charge in [0.2, 0.25) is 5.75 Å². The summed E-state index contributed by atoms with van der Waals surface area (Å²) in [5.41, 5.74) is -2.00. The molecular formula is C18H12ClF3N4O2. The van der Waals surface area contributed by atoms with Crippen molar-refractivity contribution < 1.29 is 17.9 Å². The van der Waals surface area contributed by atoms with Crippen LogP contribution in [0.2, 0.25) is 5.02 Å². The Bertz CT molecular complexity index is 1130. The van der Waals surface area contributed by atoms with Crippen molar-refractivity contribution in [3.05, 3.63) is 74.4 Å². The van der Waals surface area contributed by atoms with Crippen LogP contribution in [0.25, 0.3) is 0 Å². The number of rotatable bonds is 4. The summed E-state index contributed by atoms with van der Waals surface area (Å²) in [6.07, 6.45) is -2.43. The van der Waals surface area contributed by atoms with Crippen molar-refractivity contribution in [3.63, 3.8) is 0 Å². The van der Waals surface area contributed by atoms with Crippen molar-refractivity contribution in [2.24, 2.45) is 7.05 Å². The van der Waals surface area contributed by atoms with Crippen LogP contribution >= 0.6 is 11.6 Å². The number of aromatic amines is 1. The number of H-pyrrole nitrogens is 1. The first-order chi connectivity index (χ1) is 13.2. The molecule has 0 spiro atoms. The molecule has 0 radical (unpaired) electrons. The number of hydrogen-bond donors (Lipinski definition) is 1. The molecule has 10 heteroatoms. The average molecular weight is 409 g/mol. The van der Waals surface area contributed by atoms with Crippen LogP contribution in [0.5, 0.6) is 11.5 Å². The number of nitrogens with zero attached hydrogens (tertiary/aromatic N) is 3.